The van der Waals surface area contributed by atoms with Crippen LogP contribution in [0.5, 0.6) is 5.75 Å². The second-order valence-corrected chi connectivity index (χ2v) is 8.71. The number of nitriles is 1. The molecule has 0 aromatic heterocycles. The number of benzene rings is 2. The van der Waals surface area contributed by atoms with E-state index in [2.05, 4.69) is 60.9 Å². The van der Waals surface area contributed by atoms with E-state index < -0.39 is 5.41 Å². The molecule has 2 unspecified atom stereocenters. The Morgan fingerprint density at radius 2 is 2.06 bits per heavy atom. The van der Waals surface area contributed by atoms with Crippen molar-refractivity contribution in [1.29, 1.82) is 5.26 Å². The number of aryl methyl sites for hydroxylation is 1. The van der Waals surface area contributed by atoms with Gasteiger partial charge in [-0.15, -0.1) is 0 Å². The zero-order valence-electron chi connectivity index (χ0n) is 20.3. The van der Waals surface area contributed by atoms with Crippen LogP contribution in [0.2, 0.25) is 0 Å². The molecular formula is C30H36N2O. The van der Waals surface area contributed by atoms with Gasteiger partial charge < -0.3 is 9.64 Å². The molecule has 0 radical (unpaired) electrons. The fourth-order valence-corrected chi connectivity index (χ4v) is 5.05. The summed E-state index contributed by atoms with van der Waals surface area (Å²) in [5, 5.41) is 10.6. The van der Waals surface area contributed by atoms with E-state index in [0.29, 0.717) is 6.61 Å². The summed E-state index contributed by atoms with van der Waals surface area (Å²) in [4.78, 5) is 2.51. The largest absolute Gasteiger partial charge is 0.494 e. The molecule has 3 heteroatoms. The van der Waals surface area contributed by atoms with Gasteiger partial charge in [-0.1, -0.05) is 73.3 Å². The third-order valence-electron chi connectivity index (χ3n) is 6.65. The number of hydrogen-bond acceptors (Lipinski definition) is 3. The predicted octanol–water partition coefficient (Wildman–Crippen LogP) is 6.41. The summed E-state index contributed by atoms with van der Waals surface area (Å²) in [6.45, 7) is 13.6. The van der Waals surface area contributed by atoms with Crippen LogP contribution < -0.4 is 4.74 Å². The molecule has 1 fully saturated rings. The first-order valence-electron chi connectivity index (χ1n) is 12.0. The van der Waals surface area contributed by atoms with E-state index in [-0.39, 0.29) is 5.92 Å². The van der Waals surface area contributed by atoms with Crippen LogP contribution in [0.25, 0.3) is 0 Å². The first-order chi connectivity index (χ1) is 16.1. The van der Waals surface area contributed by atoms with Gasteiger partial charge >= 0.3 is 0 Å². The quantitative estimate of drug-likeness (QED) is 0.401. The molecule has 33 heavy (non-hydrogen) atoms. The Kier molecular flexibility index (Phi) is 8.69. The van der Waals surface area contributed by atoms with Crippen LogP contribution in [0, 0.1) is 24.2 Å². The summed E-state index contributed by atoms with van der Waals surface area (Å²) in [5.41, 5.74) is 3.91. The van der Waals surface area contributed by atoms with Crippen molar-refractivity contribution in [3.63, 3.8) is 0 Å². The van der Waals surface area contributed by atoms with Crippen LogP contribution in [0.15, 0.2) is 85.0 Å². The topological polar surface area (TPSA) is 36.3 Å². The molecule has 0 saturated carbocycles. The SMILES string of the molecule is C=C/C=C(\C=C/C)C(C#N)(c1ccccc1)C1CCN(CCc2ccc(OCC)c(C)c2)C1. The molecule has 0 N–H and O–H groups in total. The first-order valence-corrected chi connectivity index (χ1v) is 12.0. The highest BCUT2D eigenvalue weighted by Crippen LogP contribution is 2.44. The Labute approximate surface area is 199 Å². The van der Waals surface area contributed by atoms with E-state index >= 15 is 0 Å². The Bertz CT molecular complexity index is 1030. The van der Waals surface area contributed by atoms with Gasteiger partial charge in [-0.3, -0.25) is 0 Å². The molecule has 0 spiro atoms. The minimum absolute atomic E-state index is 0.217. The van der Waals surface area contributed by atoms with Crippen LogP contribution in [0.4, 0.5) is 0 Å². The van der Waals surface area contributed by atoms with Crippen LogP contribution in [0.3, 0.4) is 0 Å². The van der Waals surface area contributed by atoms with Crippen molar-refractivity contribution in [1.82, 2.24) is 4.90 Å². The highest BCUT2D eigenvalue weighted by molar-refractivity contribution is 5.50. The number of ether oxygens (including phenoxy) is 1. The van der Waals surface area contributed by atoms with Gasteiger partial charge in [0.2, 0.25) is 0 Å². The van der Waals surface area contributed by atoms with Gasteiger partial charge in [-0.05, 0) is 74.4 Å². The zero-order valence-corrected chi connectivity index (χ0v) is 20.3. The lowest BCUT2D eigenvalue weighted by Crippen LogP contribution is -2.38. The summed E-state index contributed by atoms with van der Waals surface area (Å²) < 4.78 is 5.68. The molecule has 0 aliphatic carbocycles. The first kappa shape index (κ1) is 24.6. The maximum atomic E-state index is 10.6. The predicted molar refractivity (Wildman–Crippen MR) is 137 cm³/mol. The van der Waals surface area contributed by atoms with Crippen molar-refractivity contribution in [2.75, 3.05) is 26.2 Å². The minimum atomic E-state index is -0.688. The maximum absolute atomic E-state index is 10.6. The zero-order chi connectivity index (χ0) is 23.7. The molecule has 1 heterocycles. The third kappa shape index (κ3) is 5.46. The van der Waals surface area contributed by atoms with Gasteiger partial charge in [0.05, 0.1) is 12.7 Å². The number of allylic oxidation sites excluding steroid dienone is 5. The summed E-state index contributed by atoms with van der Waals surface area (Å²) in [7, 11) is 0. The van der Waals surface area contributed by atoms with Crippen LogP contribution in [-0.4, -0.2) is 31.1 Å². The Morgan fingerprint density at radius 3 is 2.70 bits per heavy atom. The molecule has 172 valence electrons. The highest BCUT2D eigenvalue weighted by Gasteiger charge is 2.45. The van der Waals surface area contributed by atoms with Gasteiger partial charge in [0, 0.05) is 13.1 Å². The standard InChI is InChI=1S/C30H36N2O/c1-5-11-26(12-6-2)30(23-31,27-13-9-8-10-14-27)28-18-20-32(22-28)19-17-25-15-16-29(33-7-3)24(4)21-25/h5-6,8-16,21,28H,1,7,17-20,22H2,2-4H3/b12-6-,26-11+. The molecule has 3 rings (SSSR count). The molecule has 0 bridgehead atoms. The highest BCUT2D eigenvalue weighted by atomic mass is 16.5. The summed E-state index contributed by atoms with van der Waals surface area (Å²) in [6.07, 6.45) is 9.88. The Hall–Kier alpha value is -3.09. The lowest BCUT2D eigenvalue weighted by Gasteiger charge is -2.35. The van der Waals surface area contributed by atoms with Crippen LogP contribution >= 0.6 is 0 Å². The second-order valence-electron chi connectivity index (χ2n) is 8.71. The van der Waals surface area contributed by atoms with E-state index in [9.17, 15) is 5.26 Å². The second kappa shape index (κ2) is 11.7. The fraction of sp³-hybridized carbons (Fsp3) is 0.367. The molecular weight excluding hydrogens is 404 g/mol. The molecule has 0 amide bonds. The number of hydrogen-bond donors (Lipinski definition) is 0. The van der Waals surface area contributed by atoms with Gasteiger partial charge in [-0.25, -0.2) is 0 Å². The monoisotopic (exact) mass is 440 g/mol. The number of rotatable bonds is 10. The molecule has 1 saturated heterocycles. The Morgan fingerprint density at radius 1 is 1.27 bits per heavy atom. The van der Waals surface area contributed by atoms with Crippen molar-refractivity contribution in [2.24, 2.45) is 5.92 Å². The van der Waals surface area contributed by atoms with Gasteiger partial charge in [0.15, 0.2) is 0 Å². The summed E-state index contributed by atoms with van der Waals surface area (Å²) >= 11 is 0. The molecule has 2 aromatic carbocycles. The molecule has 2 atom stereocenters. The van der Waals surface area contributed by atoms with Crippen molar-refractivity contribution >= 4 is 0 Å². The number of nitrogens with zero attached hydrogens (tertiary/aromatic N) is 2. The van der Waals surface area contributed by atoms with Gasteiger partial charge in [0.25, 0.3) is 0 Å². The smallest absolute Gasteiger partial charge is 0.122 e. The molecule has 2 aromatic rings. The van der Waals surface area contributed by atoms with E-state index in [1.165, 1.54) is 11.1 Å². The van der Waals surface area contributed by atoms with Gasteiger partial charge in [0.1, 0.15) is 11.2 Å². The molecule has 1 aliphatic rings. The molecule has 1 aliphatic heterocycles. The average Bonchev–Trinajstić information content (AvgIpc) is 3.31. The molecule has 3 nitrogen and oxygen atoms in total. The van der Waals surface area contributed by atoms with Crippen molar-refractivity contribution < 1.29 is 4.74 Å². The lowest BCUT2D eigenvalue weighted by atomic mass is 9.65. The van der Waals surface area contributed by atoms with Crippen LogP contribution in [-0.2, 0) is 11.8 Å². The lowest BCUT2D eigenvalue weighted by molar-refractivity contribution is 0.308. The third-order valence-corrected chi connectivity index (χ3v) is 6.65. The summed E-state index contributed by atoms with van der Waals surface area (Å²) in [6, 6.07) is 19.5. The van der Waals surface area contributed by atoms with E-state index in [1.807, 2.05) is 44.2 Å². The van der Waals surface area contributed by atoms with E-state index in [1.54, 1.807) is 6.08 Å². The van der Waals surface area contributed by atoms with Crippen molar-refractivity contribution in [3.8, 4) is 11.8 Å². The van der Waals surface area contributed by atoms with Crippen LogP contribution in [0.1, 0.15) is 37.0 Å². The average molecular weight is 441 g/mol. The van der Waals surface area contributed by atoms with Crippen molar-refractivity contribution in [3.05, 3.63) is 102 Å². The van der Waals surface area contributed by atoms with E-state index in [0.717, 1.165) is 49.4 Å². The summed E-state index contributed by atoms with van der Waals surface area (Å²) in [5.74, 6) is 1.18. The number of likely N-dealkylation sites (tertiary alicyclic amines) is 1. The van der Waals surface area contributed by atoms with Gasteiger partial charge in [-0.2, -0.15) is 5.26 Å². The Balaban J connectivity index is 1.81. The van der Waals surface area contributed by atoms with Crippen molar-refractivity contribution in [2.45, 2.75) is 39.0 Å². The van der Waals surface area contributed by atoms with E-state index in [4.69, 9.17) is 4.74 Å². The maximum Gasteiger partial charge on any atom is 0.122 e. The minimum Gasteiger partial charge on any atom is -0.494 e. The fourth-order valence-electron chi connectivity index (χ4n) is 5.05. The normalized spacial score (nSPS) is 18.7.